The van der Waals surface area contributed by atoms with E-state index >= 15 is 0 Å². The lowest BCUT2D eigenvalue weighted by atomic mass is 9.91. The van der Waals surface area contributed by atoms with E-state index in [0.29, 0.717) is 11.4 Å². The number of rotatable bonds is 5. The summed E-state index contributed by atoms with van der Waals surface area (Å²) in [5.74, 6) is -0.139. The third-order valence-electron chi connectivity index (χ3n) is 5.77. The Morgan fingerprint density at radius 3 is 2.34 bits per heavy atom. The predicted molar refractivity (Wildman–Crippen MR) is 110 cm³/mol. The molecule has 160 valence electrons. The number of nitrogens with one attached hydrogen (secondary N) is 1. The van der Waals surface area contributed by atoms with Crippen LogP contribution in [0.3, 0.4) is 0 Å². The molecule has 1 atom stereocenters. The number of carbonyl (C=O) groups excluding carboxylic acids is 2. The Hall–Kier alpha value is -2.13. The van der Waals surface area contributed by atoms with Crippen molar-refractivity contribution in [3.05, 3.63) is 24.3 Å². The van der Waals surface area contributed by atoms with Crippen molar-refractivity contribution >= 4 is 27.5 Å². The first kappa shape index (κ1) is 21.6. The number of hydrogen-bond donors (Lipinski definition) is 1. The fraction of sp³-hybridized carbons (Fsp3) is 0.600. The molecule has 1 saturated carbocycles. The van der Waals surface area contributed by atoms with Gasteiger partial charge < -0.3 is 10.1 Å². The van der Waals surface area contributed by atoms with Crippen LogP contribution in [0.15, 0.2) is 24.3 Å². The highest BCUT2D eigenvalue weighted by atomic mass is 32.2. The molecule has 2 aliphatic rings. The minimum atomic E-state index is -3.63. The minimum absolute atomic E-state index is 0.0505. The van der Waals surface area contributed by atoms with Crippen molar-refractivity contribution in [2.75, 3.05) is 31.4 Å². The summed E-state index contributed by atoms with van der Waals surface area (Å²) < 4.78 is 30.6. The number of carbonyl (C=O) groups is 2. The van der Waals surface area contributed by atoms with Crippen LogP contribution in [0.4, 0.5) is 5.69 Å². The molecule has 0 bridgehead atoms. The Balaban J connectivity index is 1.96. The van der Waals surface area contributed by atoms with Gasteiger partial charge in [0.05, 0.1) is 19.9 Å². The van der Waals surface area contributed by atoms with Crippen LogP contribution in [0.5, 0.6) is 5.75 Å². The second kappa shape index (κ2) is 8.31. The van der Waals surface area contributed by atoms with Crippen molar-refractivity contribution in [3.63, 3.8) is 0 Å². The maximum atomic E-state index is 13.4. The van der Waals surface area contributed by atoms with E-state index in [4.69, 9.17) is 4.74 Å². The van der Waals surface area contributed by atoms with Gasteiger partial charge in [-0.3, -0.25) is 14.5 Å². The summed E-state index contributed by atoms with van der Waals surface area (Å²) in [6.45, 7) is 1.24. The topological polar surface area (TPSA) is 96.0 Å². The molecule has 1 aliphatic heterocycles. The van der Waals surface area contributed by atoms with Crippen molar-refractivity contribution in [3.8, 4) is 5.75 Å². The number of nitrogens with zero attached hydrogens (tertiary/aromatic N) is 2. The summed E-state index contributed by atoms with van der Waals surface area (Å²) in [6.07, 6.45) is 6.11. The lowest BCUT2D eigenvalue weighted by Crippen LogP contribution is -2.70. The zero-order valence-electron chi connectivity index (χ0n) is 17.2. The zero-order valence-corrected chi connectivity index (χ0v) is 18.0. The van der Waals surface area contributed by atoms with Gasteiger partial charge in [-0.05, 0) is 44.0 Å². The number of hydrogen-bond acceptors (Lipinski definition) is 5. The number of sulfonamides is 1. The number of anilines is 1. The van der Waals surface area contributed by atoms with E-state index in [1.165, 1.54) is 4.90 Å². The highest BCUT2D eigenvalue weighted by Gasteiger charge is 2.50. The van der Waals surface area contributed by atoms with Gasteiger partial charge in [0.25, 0.3) is 0 Å². The van der Waals surface area contributed by atoms with Crippen LogP contribution < -0.4 is 15.0 Å². The van der Waals surface area contributed by atoms with Gasteiger partial charge in [0, 0.05) is 18.3 Å². The third kappa shape index (κ3) is 4.56. The number of benzene rings is 1. The molecule has 3 rings (SSSR count). The molecule has 0 unspecified atom stereocenters. The Morgan fingerprint density at radius 2 is 1.79 bits per heavy atom. The summed E-state index contributed by atoms with van der Waals surface area (Å²) in [5.41, 5.74) is -0.824. The summed E-state index contributed by atoms with van der Waals surface area (Å²) in [6, 6.07) is 6.89. The van der Waals surface area contributed by atoms with Gasteiger partial charge in [-0.1, -0.05) is 19.3 Å². The van der Waals surface area contributed by atoms with E-state index < -0.39 is 21.5 Å². The van der Waals surface area contributed by atoms with E-state index in [-0.39, 0.29) is 25.0 Å². The van der Waals surface area contributed by atoms with E-state index in [2.05, 4.69) is 5.32 Å². The second-order valence-electron chi connectivity index (χ2n) is 8.04. The van der Waals surface area contributed by atoms with Gasteiger partial charge in [0.2, 0.25) is 21.8 Å². The van der Waals surface area contributed by atoms with Crippen molar-refractivity contribution in [1.29, 1.82) is 0 Å². The molecule has 1 aliphatic carbocycles. The average molecular weight is 424 g/mol. The molecule has 8 nitrogen and oxygen atoms in total. The molecular weight excluding hydrogens is 394 g/mol. The molecule has 1 saturated heterocycles. The zero-order chi connectivity index (χ0) is 21.2. The Kier molecular flexibility index (Phi) is 6.19. The van der Waals surface area contributed by atoms with E-state index in [1.807, 2.05) is 0 Å². The fourth-order valence-electron chi connectivity index (χ4n) is 4.12. The van der Waals surface area contributed by atoms with Gasteiger partial charge in [-0.25, -0.2) is 8.42 Å². The number of amides is 2. The molecule has 9 heteroatoms. The maximum Gasteiger partial charge on any atom is 0.247 e. The van der Waals surface area contributed by atoms with Crippen LogP contribution in [-0.2, 0) is 19.6 Å². The van der Waals surface area contributed by atoms with Crippen LogP contribution in [0, 0.1) is 0 Å². The third-order valence-corrected chi connectivity index (χ3v) is 6.96. The second-order valence-corrected chi connectivity index (χ2v) is 10.0. The van der Waals surface area contributed by atoms with Crippen molar-refractivity contribution in [2.45, 2.75) is 50.6 Å². The first-order valence-electron chi connectivity index (χ1n) is 9.88. The molecule has 2 fully saturated rings. The molecule has 1 aromatic carbocycles. The average Bonchev–Trinajstić information content (AvgIpc) is 2.68. The lowest BCUT2D eigenvalue weighted by molar-refractivity contribution is -0.133. The normalized spacial score (nSPS) is 24.4. The molecule has 1 N–H and O–H groups in total. The Bertz CT molecular complexity index is 865. The minimum Gasteiger partial charge on any atom is -0.497 e. The van der Waals surface area contributed by atoms with Crippen LogP contribution >= 0.6 is 0 Å². The van der Waals surface area contributed by atoms with Gasteiger partial charge in [-0.2, -0.15) is 4.31 Å². The molecule has 1 heterocycles. The smallest absolute Gasteiger partial charge is 0.247 e. The largest absolute Gasteiger partial charge is 0.497 e. The molecule has 0 radical (unpaired) electrons. The quantitative estimate of drug-likeness (QED) is 0.775. The molecule has 29 heavy (non-hydrogen) atoms. The molecular formula is C20H29N3O5S. The van der Waals surface area contributed by atoms with Crippen LogP contribution in [-0.4, -0.2) is 62.6 Å². The molecule has 2 amide bonds. The van der Waals surface area contributed by atoms with Crippen molar-refractivity contribution in [1.82, 2.24) is 9.62 Å². The monoisotopic (exact) mass is 423 g/mol. The number of piperazine rings is 1. The van der Waals surface area contributed by atoms with E-state index in [9.17, 15) is 18.0 Å². The fourth-order valence-corrected chi connectivity index (χ4v) is 4.95. The summed E-state index contributed by atoms with van der Waals surface area (Å²) in [5, 5.41) is 3.06. The molecule has 1 aromatic rings. The highest BCUT2D eigenvalue weighted by molar-refractivity contribution is 7.88. The summed E-state index contributed by atoms with van der Waals surface area (Å²) in [4.78, 5) is 27.8. The van der Waals surface area contributed by atoms with Crippen LogP contribution in [0.25, 0.3) is 0 Å². The van der Waals surface area contributed by atoms with Gasteiger partial charge >= 0.3 is 0 Å². The SMILES string of the molecule is COc1ccc(N2C(=O)CN(S(C)(=O)=O)C[C@]2(C)C(=O)NC2CCCCC2)cc1. The van der Waals surface area contributed by atoms with Crippen LogP contribution in [0.2, 0.25) is 0 Å². The van der Waals surface area contributed by atoms with Crippen molar-refractivity contribution in [2.24, 2.45) is 0 Å². The van der Waals surface area contributed by atoms with E-state index in [0.717, 1.165) is 42.7 Å². The van der Waals surface area contributed by atoms with Crippen molar-refractivity contribution < 1.29 is 22.7 Å². The van der Waals surface area contributed by atoms with Gasteiger partial charge in [-0.15, -0.1) is 0 Å². The van der Waals surface area contributed by atoms with Gasteiger partial charge in [0.15, 0.2) is 0 Å². The van der Waals surface area contributed by atoms with Crippen LogP contribution in [0.1, 0.15) is 39.0 Å². The standard InChI is InChI=1S/C20H29N3O5S/c1-20(19(25)21-15-7-5-4-6-8-15)14-22(29(3,26)27)13-18(24)23(20)16-9-11-17(28-2)12-10-16/h9-12,15H,4-8,13-14H2,1-3H3,(H,21,25)/t20-/m1/s1. The lowest BCUT2D eigenvalue weighted by Gasteiger charge is -2.47. The first-order chi connectivity index (χ1) is 13.6. The van der Waals surface area contributed by atoms with E-state index in [1.54, 1.807) is 38.3 Å². The first-order valence-corrected chi connectivity index (χ1v) is 11.7. The summed E-state index contributed by atoms with van der Waals surface area (Å²) >= 11 is 0. The summed E-state index contributed by atoms with van der Waals surface area (Å²) in [7, 11) is -2.08. The van der Waals surface area contributed by atoms with Gasteiger partial charge in [0.1, 0.15) is 11.3 Å². The maximum absolute atomic E-state index is 13.4. The molecule has 0 spiro atoms. The molecule has 0 aromatic heterocycles. The number of methoxy groups -OCH3 is 1. The Labute approximate surface area is 172 Å². The Morgan fingerprint density at radius 1 is 1.17 bits per heavy atom. The number of ether oxygens (including phenoxy) is 1. The predicted octanol–water partition coefficient (Wildman–Crippen LogP) is 1.51. The highest BCUT2D eigenvalue weighted by Crippen LogP contribution is 2.32.